The van der Waals surface area contributed by atoms with E-state index in [2.05, 4.69) is 0 Å². The number of aliphatic hydroxyl groups is 4. The SMILES string of the molecule is CCC(O[C@H]1OC(CO)[C@@H](O)C(O)[C@H]1O)C(N)=O. The zero-order chi connectivity index (χ0) is 13.9. The lowest BCUT2D eigenvalue weighted by atomic mass is 9.99. The van der Waals surface area contributed by atoms with Crippen molar-refractivity contribution in [2.24, 2.45) is 5.73 Å². The van der Waals surface area contributed by atoms with E-state index in [0.29, 0.717) is 0 Å². The van der Waals surface area contributed by atoms with Gasteiger partial charge in [0.15, 0.2) is 6.29 Å². The molecule has 0 spiro atoms. The largest absolute Gasteiger partial charge is 0.394 e. The van der Waals surface area contributed by atoms with E-state index in [1.54, 1.807) is 6.92 Å². The molecule has 1 heterocycles. The fourth-order valence-corrected chi connectivity index (χ4v) is 1.71. The van der Waals surface area contributed by atoms with Crippen LogP contribution in [0, 0.1) is 0 Å². The Balaban J connectivity index is 2.72. The van der Waals surface area contributed by atoms with Gasteiger partial charge >= 0.3 is 0 Å². The Kier molecular flexibility index (Phi) is 5.45. The summed E-state index contributed by atoms with van der Waals surface area (Å²) in [5.74, 6) is -0.727. The van der Waals surface area contributed by atoms with E-state index in [9.17, 15) is 20.1 Å². The number of primary amides is 1. The Morgan fingerprint density at radius 1 is 1.33 bits per heavy atom. The van der Waals surface area contributed by atoms with Crippen molar-refractivity contribution in [1.82, 2.24) is 0 Å². The Hall–Kier alpha value is -0.770. The summed E-state index contributed by atoms with van der Waals surface area (Å²) in [5, 5.41) is 37.7. The van der Waals surface area contributed by atoms with Crippen molar-refractivity contribution in [2.45, 2.75) is 50.2 Å². The Labute approximate surface area is 104 Å². The number of hydrogen-bond donors (Lipinski definition) is 5. The lowest BCUT2D eigenvalue weighted by Gasteiger charge is -2.40. The average Bonchev–Trinajstić information content (AvgIpc) is 2.35. The third-order valence-corrected chi connectivity index (χ3v) is 2.83. The summed E-state index contributed by atoms with van der Waals surface area (Å²) in [6, 6.07) is 0. The molecule has 1 rings (SSSR count). The zero-order valence-electron chi connectivity index (χ0n) is 9.97. The minimum Gasteiger partial charge on any atom is -0.394 e. The molecule has 0 radical (unpaired) electrons. The lowest BCUT2D eigenvalue weighted by Crippen LogP contribution is -2.60. The Bertz CT molecular complexity index is 285. The maximum Gasteiger partial charge on any atom is 0.246 e. The Morgan fingerprint density at radius 3 is 2.39 bits per heavy atom. The highest BCUT2D eigenvalue weighted by atomic mass is 16.7. The van der Waals surface area contributed by atoms with Crippen LogP contribution in [0.2, 0.25) is 0 Å². The molecule has 6 atom stereocenters. The second-order valence-electron chi connectivity index (χ2n) is 4.13. The third-order valence-electron chi connectivity index (χ3n) is 2.83. The van der Waals surface area contributed by atoms with Crippen LogP contribution in [-0.2, 0) is 14.3 Å². The molecule has 3 unspecified atom stereocenters. The van der Waals surface area contributed by atoms with E-state index >= 15 is 0 Å². The topological polar surface area (TPSA) is 142 Å². The number of amides is 1. The van der Waals surface area contributed by atoms with Crippen LogP contribution in [0.15, 0.2) is 0 Å². The van der Waals surface area contributed by atoms with Gasteiger partial charge in [0.1, 0.15) is 30.5 Å². The smallest absolute Gasteiger partial charge is 0.246 e. The molecule has 8 nitrogen and oxygen atoms in total. The summed E-state index contributed by atoms with van der Waals surface area (Å²) in [6.45, 7) is 1.09. The van der Waals surface area contributed by atoms with Crippen molar-refractivity contribution in [3.05, 3.63) is 0 Å². The molecule has 0 bridgehead atoms. The van der Waals surface area contributed by atoms with E-state index in [1.807, 2.05) is 0 Å². The molecule has 18 heavy (non-hydrogen) atoms. The number of carbonyl (C=O) groups is 1. The fraction of sp³-hybridized carbons (Fsp3) is 0.900. The molecular formula is C10H19NO7. The van der Waals surface area contributed by atoms with Crippen molar-refractivity contribution in [2.75, 3.05) is 6.61 Å². The summed E-state index contributed by atoms with van der Waals surface area (Å²) in [7, 11) is 0. The number of aliphatic hydroxyl groups excluding tert-OH is 4. The average molecular weight is 265 g/mol. The molecule has 0 aromatic carbocycles. The monoisotopic (exact) mass is 265 g/mol. The van der Waals surface area contributed by atoms with Gasteiger partial charge in [-0.05, 0) is 6.42 Å². The maximum atomic E-state index is 11.0. The standard InChI is InChI=1S/C10H19NO7/c1-2-4(9(11)16)17-10-8(15)7(14)6(13)5(3-12)18-10/h4-8,10,12-15H,2-3H2,1H3,(H2,11,16)/t4?,5?,6-,7?,8-,10+/m1/s1. The molecule has 106 valence electrons. The van der Waals surface area contributed by atoms with E-state index in [-0.39, 0.29) is 6.42 Å². The molecule has 8 heteroatoms. The first-order valence-corrected chi connectivity index (χ1v) is 5.67. The molecule has 1 fully saturated rings. The normalized spacial score (nSPS) is 38.4. The number of ether oxygens (including phenoxy) is 2. The zero-order valence-corrected chi connectivity index (χ0v) is 9.97. The van der Waals surface area contributed by atoms with Gasteiger partial charge in [-0.15, -0.1) is 0 Å². The maximum absolute atomic E-state index is 11.0. The van der Waals surface area contributed by atoms with Gasteiger partial charge in [0.2, 0.25) is 5.91 Å². The summed E-state index contributed by atoms with van der Waals surface area (Å²) >= 11 is 0. The molecule has 1 aliphatic heterocycles. The van der Waals surface area contributed by atoms with E-state index < -0.39 is 49.3 Å². The minimum absolute atomic E-state index is 0.268. The Morgan fingerprint density at radius 2 is 1.94 bits per heavy atom. The van der Waals surface area contributed by atoms with Gasteiger partial charge in [-0.1, -0.05) is 6.92 Å². The summed E-state index contributed by atoms with van der Waals surface area (Å²) in [4.78, 5) is 11.0. The predicted octanol–water partition coefficient (Wildman–Crippen LogP) is -2.93. The first-order chi connectivity index (χ1) is 8.42. The number of hydrogen-bond acceptors (Lipinski definition) is 7. The van der Waals surface area contributed by atoms with Crippen LogP contribution in [0.1, 0.15) is 13.3 Å². The summed E-state index contributed by atoms with van der Waals surface area (Å²) < 4.78 is 10.2. The fourth-order valence-electron chi connectivity index (χ4n) is 1.71. The molecule has 0 aliphatic carbocycles. The first kappa shape index (κ1) is 15.3. The van der Waals surface area contributed by atoms with Crippen molar-refractivity contribution in [1.29, 1.82) is 0 Å². The van der Waals surface area contributed by atoms with Crippen LogP contribution >= 0.6 is 0 Å². The third kappa shape index (κ3) is 3.16. The van der Waals surface area contributed by atoms with Crippen molar-refractivity contribution < 1.29 is 34.7 Å². The van der Waals surface area contributed by atoms with Gasteiger partial charge in [0.25, 0.3) is 0 Å². The number of rotatable bonds is 5. The molecule has 0 aromatic heterocycles. The number of nitrogens with two attached hydrogens (primary N) is 1. The van der Waals surface area contributed by atoms with E-state index in [0.717, 1.165) is 0 Å². The van der Waals surface area contributed by atoms with Crippen LogP contribution in [0.4, 0.5) is 0 Å². The number of carbonyl (C=O) groups excluding carboxylic acids is 1. The highest BCUT2D eigenvalue weighted by Gasteiger charge is 2.45. The van der Waals surface area contributed by atoms with Gasteiger partial charge in [0, 0.05) is 0 Å². The van der Waals surface area contributed by atoms with Gasteiger partial charge < -0.3 is 35.6 Å². The molecule has 1 amide bonds. The van der Waals surface area contributed by atoms with Crippen LogP contribution in [-0.4, -0.2) is 69.8 Å². The van der Waals surface area contributed by atoms with Crippen molar-refractivity contribution in [3.8, 4) is 0 Å². The minimum atomic E-state index is -1.54. The van der Waals surface area contributed by atoms with Crippen LogP contribution < -0.4 is 5.73 Å². The summed E-state index contributed by atoms with van der Waals surface area (Å²) in [6.07, 6.45) is -7.64. The van der Waals surface area contributed by atoms with Crippen LogP contribution in [0.25, 0.3) is 0 Å². The molecule has 6 N–H and O–H groups in total. The first-order valence-electron chi connectivity index (χ1n) is 5.67. The molecule has 0 aromatic rings. The van der Waals surface area contributed by atoms with Gasteiger partial charge in [-0.3, -0.25) is 4.79 Å². The summed E-state index contributed by atoms with van der Waals surface area (Å²) in [5.41, 5.74) is 5.08. The quantitative estimate of drug-likeness (QED) is 0.358. The molecule has 0 saturated carbocycles. The highest BCUT2D eigenvalue weighted by Crippen LogP contribution is 2.23. The predicted molar refractivity (Wildman–Crippen MR) is 58.1 cm³/mol. The van der Waals surface area contributed by atoms with E-state index in [1.165, 1.54) is 0 Å². The molecule has 1 aliphatic rings. The van der Waals surface area contributed by atoms with Gasteiger partial charge in [-0.2, -0.15) is 0 Å². The van der Waals surface area contributed by atoms with Gasteiger partial charge in [0.05, 0.1) is 6.61 Å². The second kappa shape index (κ2) is 6.41. The lowest BCUT2D eigenvalue weighted by molar-refractivity contribution is -0.308. The molecule has 1 saturated heterocycles. The van der Waals surface area contributed by atoms with Crippen molar-refractivity contribution in [3.63, 3.8) is 0 Å². The highest BCUT2D eigenvalue weighted by molar-refractivity contribution is 5.78. The van der Waals surface area contributed by atoms with Gasteiger partial charge in [-0.25, -0.2) is 0 Å². The van der Waals surface area contributed by atoms with Crippen LogP contribution in [0.5, 0.6) is 0 Å². The second-order valence-corrected chi connectivity index (χ2v) is 4.13. The van der Waals surface area contributed by atoms with Crippen LogP contribution in [0.3, 0.4) is 0 Å². The van der Waals surface area contributed by atoms with E-state index in [4.69, 9.17) is 20.3 Å². The molecular weight excluding hydrogens is 246 g/mol. The van der Waals surface area contributed by atoms with Crippen molar-refractivity contribution >= 4 is 5.91 Å².